The summed E-state index contributed by atoms with van der Waals surface area (Å²) in [6.07, 6.45) is 2.25. The number of urea groups is 1. The highest BCUT2D eigenvalue weighted by Crippen LogP contribution is 2.38. The van der Waals surface area contributed by atoms with Gasteiger partial charge >= 0.3 is 6.03 Å². The third-order valence-corrected chi connectivity index (χ3v) is 6.60. The van der Waals surface area contributed by atoms with E-state index in [9.17, 15) is 14.4 Å². The van der Waals surface area contributed by atoms with Crippen molar-refractivity contribution < 1.29 is 14.4 Å². The molecular formula is C25H25N3O3. The molecular weight excluding hydrogens is 390 g/mol. The number of fused-ring (bicyclic) bond motifs is 1. The van der Waals surface area contributed by atoms with Crippen LogP contribution in [0.5, 0.6) is 0 Å². The molecule has 1 unspecified atom stereocenters. The molecule has 0 spiro atoms. The Bertz CT molecular complexity index is 1250. The first-order chi connectivity index (χ1) is 14.8. The van der Waals surface area contributed by atoms with Crippen molar-refractivity contribution in [2.45, 2.75) is 45.2 Å². The van der Waals surface area contributed by atoms with Gasteiger partial charge in [0.05, 0.1) is 6.54 Å². The molecule has 1 saturated carbocycles. The summed E-state index contributed by atoms with van der Waals surface area (Å²) < 4.78 is 2.19. The maximum Gasteiger partial charge on any atom is 0.325 e. The highest BCUT2D eigenvalue weighted by Gasteiger charge is 2.49. The molecule has 158 valence electrons. The number of nitrogens with zero attached hydrogens (tertiary/aromatic N) is 2. The lowest BCUT2D eigenvalue weighted by molar-refractivity contribution is -0.130. The van der Waals surface area contributed by atoms with Gasteiger partial charge in [-0.05, 0) is 62.1 Å². The minimum absolute atomic E-state index is 0.216. The maximum absolute atomic E-state index is 13.3. The van der Waals surface area contributed by atoms with Gasteiger partial charge in [0.1, 0.15) is 5.54 Å². The summed E-state index contributed by atoms with van der Waals surface area (Å²) in [6, 6.07) is 15.4. The Morgan fingerprint density at radius 2 is 1.77 bits per heavy atom. The molecule has 1 N–H and O–H groups in total. The summed E-state index contributed by atoms with van der Waals surface area (Å²) in [6.45, 7) is 5.36. The second-order valence-electron chi connectivity index (χ2n) is 8.82. The topological polar surface area (TPSA) is 71.4 Å². The Morgan fingerprint density at radius 3 is 2.48 bits per heavy atom. The number of Topliss-reactive ketones (excluding diaryl/α,β-unsaturated/α-hetero) is 1. The Hall–Kier alpha value is -3.41. The van der Waals surface area contributed by atoms with Crippen molar-refractivity contribution in [2.75, 3.05) is 6.54 Å². The van der Waals surface area contributed by atoms with Crippen LogP contribution in [0.25, 0.3) is 10.8 Å². The lowest BCUT2D eigenvalue weighted by atomic mass is 9.90. The van der Waals surface area contributed by atoms with Crippen LogP contribution in [-0.2, 0) is 10.3 Å². The average Bonchev–Trinajstić information content (AvgIpc) is 3.50. The van der Waals surface area contributed by atoms with Crippen molar-refractivity contribution in [1.29, 1.82) is 0 Å². The van der Waals surface area contributed by atoms with Gasteiger partial charge in [0, 0.05) is 23.0 Å². The molecule has 1 aromatic heterocycles. The third kappa shape index (κ3) is 3.05. The molecule has 1 aliphatic heterocycles. The first-order valence-corrected chi connectivity index (χ1v) is 10.6. The van der Waals surface area contributed by atoms with Gasteiger partial charge in [-0.1, -0.05) is 36.4 Å². The predicted molar refractivity (Wildman–Crippen MR) is 118 cm³/mol. The minimum Gasteiger partial charge on any atom is -0.345 e. The van der Waals surface area contributed by atoms with Gasteiger partial charge in [0.15, 0.2) is 5.78 Å². The van der Waals surface area contributed by atoms with E-state index in [1.54, 1.807) is 6.92 Å². The molecule has 2 aliphatic rings. The van der Waals surface area contributed by atoms with Crippen LogP contribution in [0.15, 0.2) is 48.5 Å². The molecule has 2 aromatic carbocycles. The molecule has 0 radical (unpaired) electrons. The molecule has 0 bridgehead atoms. The van der Waals surface area contributed by atoms with Crippen LogP contribution >= 0.6 is 0 Å². The number of aromatic nitrogens is 1. The van der Waals surface area contributed by atoms with Gasteiger partial charge in [-0.2, -0.15) is 0 Å². The van der Waals surface area contributed by atoms with Gasteiger partial charge < -0.3 is 9.88 Å². The molecule has 3 amide bonds. The number of ketones is 1. The first-order valence-electron chi connectivity index (χ1n) is 10.6. The number of carbonyl (C=O) groups is 3. The predicted octanol–water partition coefficient (Wildman–Crippen LogP) is 4.24. The summed E-state index contributed by atoms with van der Waals surface area (Å²) in [5.41, 5.74) is 2.04. The maximum atomic E-state index is 13.3. The molecule has 2 fully saturated rings. The summed E-state index contributed by atoms with van der Waals surface area (Å²) >= 11 is 0. The van der Waals surface area contributed by atoms with E-state index < -0.39 is 17.5 Å². The fraction of sp³-hybridized carbons (Fsp3) is 0.320. The third-order valence-electron chi connectivity index (χ3n) is 6.60. The fourth-order valence-corrected chi connectivity index (χ4v) is 4.72. The lowest BCUT2D eigenvalue weighted by Gasteiger charge is -2.22. The lowest BCUT2D eigenvalue weighted by Crippen LogP contribution is -2.41. The highest BCUT2D eigenvalue weighted by molar-refractivity contribution is 6.11. The number of aryl methyl sites for hydroxylation is 1. The van der Waals surface area contributed by atoms with Gasteiger partial charge in [-0.25, -0.2) is 4.79 Å². The summed E-state index contributed by atoms with van der Waals surface area (Å²) in [4.78, 5) is 40.1. The Labute approximate surface area is 180 Å². The zero-order valence-electron chi connectivity index (χ0n) is 17.9. The van der Waals surface area contributed by atoms with E-state index in [2.05, 4.69) is 9.88 Å². The second-order valence-corrected chi connectivity index (χ2v) is 8.82. The van der Waals surface area contributed by atoms with Crippen molar-refractivity contribution in [2.24, 2.45) is 0 Å². The van der Waals surface area contributed by atoms with Gasteiger partial charge in [0.2, 0.25) is 0 Å². The molecule has 6 heteroatoms. The first kappa shape index (κ1) is 19.5. The average molecular weight is 415 g/mol. The van der Waals surface area contributed by atoms with E-state index in [1.807, 2.05) is 62.4 Å². The molecule has 1 atom stereocenters. The summed E-state index contributed by atoms with van der Waals surface area (Å²) in [7, 11) is 0. The summed E-state index contributed by atoms with van der Waals surface area (Å²) in [5, 5.41) is 4.86. The number of imide groups is 1. The standard InChI is InChI=1S/C25H25N3O3/c1-15-12-21(16(2)28(15)20-10-11-20)22(29)14-27-23(30)25(3,26-24(27)31)19-9-8-17-6-4-5-7-18(17)13-19/h4-9,12-13,20H,10-11,14H2,1-3H3,(H,26,31). The van der Waals surface area contributed by atoms with Crippen LogP contribution in [0.3, 0.4) is 0 Å². The number of rotatable bonds is 5. The Balaban J connectivity index is 1.42. The zero-order chi connectivity index (χ0) is 21.9. The van der Waals surface area contributed by atoms with E-state index >= 15 is 0 Å². The highest BCUT2D eigenvalue weighted by atomic mass is 16.2. The van der Waals surface area contributed by atoms with E-state index in [1.165, 1.54) is 0 Å². The van der Waals surface area contributed by atoms with Crippen molar-refractivity contribution in [3.8, 4) is 0 Å². The van der Waals surface area contributed by atoms with E-state index in [0.717, 1.165) is 39.9 Å². The van der Waals surface area contributed by atoms with Crippen LogP contribution < -0.4 is 5.32 Å². The molecule has 31 heavy (non-hydrogen) atoms. The Kier molecular flexibility index (Phi) is 4.29. The van der Waals surface area contributed by atoms with Crippen LogP contribution in [0.1, 0.15) is 53.1 Å². The molecule has 5 rings (SSSR count). The van der Waals surface area contributed by atoms with E-state index in [4.69, 9.17) is 0 Å². The van der Waals surface area contributed by atoms with Crippen LogP contribution in [0.4, 0.5) is 4.79 Å². The second kappa shape index (κ2) is 6.80. The molecule has 6 nitrogen and oxygen atoms in total. The minimum atomic E-state index is -1.20. The zero-order valence-corrected chi connectivity index (χ0v) is 17.9. The monoisotopic (exact) mass is 415 g/mol. The molecule has 3 aromatic rings. The van der Waals surface area contributed by atoms with Crippen molar-refractivity contribution in [3.63, 3.8) is 0 Å². The van der Waals surface area contributed by atoms with Gasteiger partial charge in [-0.15, -0.1) is 0 Å². The summed E-state index contributed by atoms with van der Waals surface area (Å²) in [5.74, 6) is -0.622. The SMILES string of the molecule is Cc1cc(C(=O)CN2C(=O)NC(C)(c3ccc4ccccc4c3)C2=O)c(C)n1C1CC1. The smallest absolute Gasteiger partial charge is 0.325 e. The van der Waals surface area contributed by atoms with Crippen molar-refractivity contribution in [3.05, 3.63) is 71.0 Å². The van der Waals surface area contributed by atoms with Crippen LogP contribution in [0.2, 0.25) is 0 Å². The van der Waals surface area contributed by atoms with Crippen LogP contribution in [0, 0.1) is 13.8 Å². The Morgan fingerprint density at radius 1 is 1.06 bits per heavy atom. The number of carbonyl (C=O) groups excluding carboxylic acids is 3. The number of hydrogen-bond donors (Lipinski definition) is 1. The van der Waals surface area contributed by atoms with Crippen molar-refractivity contribution >= 4 is 28.5 Å². The van der Waals surface area contributed by atoms with Gasteiger partial charge in [0.25, 0.3) is 5.91 Å². The van der Waals surface area contributed by atoms with E-state index in [-0.39, 0.29) is 12.3 Å². The fourth-order valence-electron chi connectivity index (χ4n) is 4.72. The number of hydrogen-bond acceptors (Lipinski definition) is 3. The number of benzene rings is 2. The normalized spacial score (nSPS) is 21.1. The van der Waals surface area contributed by atoms with Crippen molar-refractivity contribution in [1.82, 2.24) is 14.8 Å². The van der Waals surface area contributed by atoms with Crippen LogP contribution in [-0.4, -0.2) is 33.7 Å². The van der Waals surface area contributed by atoms with E-state index in [0.29, 0.717) is 17.2 Å². The number of nitrogens with one attached hydrogen (secondary N) is 1. The number of amides is 3. The van der Waals surface area contributed by atoms with Gasteiger partial charge in [-0.3, -0.25) is 14.5 Å². The molecule has 2 heterocycles. The quantitative estimate of drug-likeness (QED) is 0.500. The molecule has 1 saturated heterocycles. The molecule has 1 aliphatic carbocycles. The largest absolute Gasteiger partial charge is 0.345 e.